The van der Waals surface area contributed by atoms with E-state index >= 15 is 0 Å². The van der Waals surface area contributed by atoms with Crippen molar-refractivity contribution in [3.05, 3.63) is 0 Å². The van der Waals surface area contributed by atoms with Gasteiger partial charge in [-0.1, -0.05) is 53.9 Å². The van der Waals surface area contributed by atoms with Crippen LogP contribution in [0.1, 0.15) is 73.1 Å². The van der Waals surface area contributed by atoms with Crippen molar-refractivity contribution < 1.29 is 0 Å². The van der Waals surface area contributed by atoms with Crippen LogP contribution in [0.5, 0.6) is 0 Å². The van der Waals surface area contributed by atoms with Gasteiger partial charge in [0, 0.05) is 0 Å². The fourth-order valence-electron chi connectivity index (χ4n) is 3.94. The SMILES string of the molecule is CC(C1CC1C1(C)CCCCC1)C(C)(C)C. The molecule has 0 bridgehead atoms. The second-order valence-electron chi connectivity index (χ2n) is 7.88. The fourth-order valence-corrected chi connectivity index (χ4v) is 3.94. The van der Waals surface area contributed by atoms with E-state index in [9.17, 15) is 0 Å². The van der Waals surface area contributed by atoms with Crippen molar-refractivity contribution in [2.75, 3.05) is 0 Å². The van der Waals surface area contributed by atoms with E-state index < -0.39 is 0 Å². The molecule has 0 heteroatoms. The third kappa shape index (κ3) is 2.31. The molecule has 0 amide bonds. The van der Waals surface area contributed by atoms with Gasteiger partial charge in [0.05, 0.1) is 0 Å². The van der Waals surface area contributed by atoms with Crippen molar-refractivity contribution in [1.82, 2.24) is 0 Å². The molecular formula is C16H30. The first kappa shape index (κ1) is 12.5. The maximum absolute atomic E-state index is 2.58. The first-order chi connectivity index (χ1) is 7.34. The standard InChI is InChI=1S/C16H30/c1-12(15(2,3)4)13-11-14(13)16(5)9-7-6-8-10-16/h12-14H,6-11H2,1-5H3. The van der Waals surface area contributed by atoms with Gasteiger partial charge in [-0.3, -0.25) is 0 Å². The van der Waals surface area contributed by atoms with Gasteiger partial charge in [-0.25, -0.2) is 0 Å². The lowest BCUT2D eigenvalue weighted by atomic mass is 9.69. The minimum Gasteiger partial charge on any atom is -0.0617 e. The average molecular weight is 222 g/mol. The molecule has 0 nitrogen and oxygen atoms in total. The Morgan fingerprint density at radius 3 is 2.12 bits per heavy atom. The molecule has 2 aliphatic carbocycles. The lowest BCUT2D eigenvalue weighted by molar-refractivity contribution is 0.140. The van der Waals surface area contributed by atoms with Crippen molar-refractivity contribution >= 4 is 0 Å². The van der Waals surface area contributed by atoms with Gasteiger partial charge >= 0.3 is 0 Å². The summed E-state index contributed by atoms with van der Waals surface area (Å²) in [6.07, 6.45) is 9.00. The second-order valence-corrected chi connectivity index (χ2v) is 7.88. The van der Waals surface area contributed by atoms with E-state index in [1.165, 1.54) is 38.5 Å². The Kier molecular flexibility index (Phi) is 3.14. The smallest absolute Gasteiger partial charge is 0.0295 e. The molecule has 2 aliphatic rings. The van der Waals surface area contributed by atoms with Crippen LogP contribution in [0.25, 0.3) is 0 Å². The second kappa shape index (κ2) is 4.03. The van der Waals surface area contributed by atoms with E-state index in [0.29, 0.717) is 10.8 Å². The van der Waals surface area contributed by atoms with Crippen LogP contribution in [0.15, 0.2) is 0 Å². The van der Waals surface area contributed by atoms with Gasteiger partial charge in [0.25, 0.3) is 0 Å². The van der Waals surface area contributed by atoms with Crippen LogP contribution in [-0.2, 0) is 0 Å². The summed E-state index contributed by atoms with van der Waals surface area (Å²) in [5, 5.41) is 0. The quantitative estimate of drug-likeness (QED) is 0.596. The number of hydrogen-bond acceptors (Lipinski definition) is 0. The van der Waals surface area contributed by atoms with Crippen molar-refractivity contribution in [2.24, 2.45) is 28.6 Å². The summed E-state index contributed by atoms with van der Waals surface area (Å²) < 4.78 is 0. The molecule has 2 rings (SSSR count). The Morgan fingerprint density at radius 2 is 1.62 bits per heavy atom. The Labute approximate surface area is 102 Å². The van der Waals surface area contributed by atoms with Gasteiger partial charge < -0.3 is 0 Å². The van der Waals surface area contributed by atoms with Crippen molar-refractivity contribution in [1.29, 1.82) is 0 Å². The molecule has 16 heavy (non-hydrogen) atoms. The predicted molar refractivity (Wildman–Crippen MR) is 71.4 cm³/mol. The molecule has 0 spiro atoms. The predicted octanol–water partition coefficient (Wildman–Crippen LogP) is 5.28. The van der Waals surface area contributed by atoms with E-state index in [1.807, 2.05) is 0 Å². The number of hydrogen-bond donors (Lipinski definition) is 0. The fraction of sp³-hybridized carbons (Fsp3) is 1.00. The van der Waals surface area contributed by atoms with Crippen LogP contribution < -0.4 is 0 Å². The molecule has 0 N–H and O–H groups in total. The van der Waals surface area contributed by atoms with Crippen molar-refractivity contribution in [3.63, 3.8) is 0 Å². The summed E-state index contributed by atoms with van der Waals surface area (Å²) in [5.74, 6) is 2.99. The summed E-state index contributed by atoms with van der Waals surface area (Å²) in [5.41, 5.74) is 1.22. The molecule has 3 unspecified atom stereocenters. The largest absolute Gasteiger partial charge is 0.0617 e. The molecule has 0 heterocycles. The highest BCUT2D eigenvalue weighted by Crippen LogP contribution is 2.61. The molecule has 0 radical (unpaired) electrons. The molecule has 3 atom stereocenters. The highest BCUT2D eigenvalue weighted by Gasteiger charge is 2.53. The zero-order valence-corrected chi connectivity index (χ0v) is 12.0. The zero-order valence-electron chi connectivity index (χ0n) is 12.0. The minimum atomic E-state index is 0.504. The third-order valence-electron chi connectivity index (χ3n) is 5.74. The first-order valence-corrected chi connectivity index (χ1v) is 7.34. The van der Waals surface area contributed by atoms with Gasteiger partial charge in [-0.05, 0) is 47.8 Å². The summed E-state index contributed by atoms with van der Waals surface area (Å²) in [6, 6.07) is 0. The molecule has 0 aromatic carbocycles. The summed E-state index contributed by atoms with van der Waals surface area (Å²) >= 11 is 0. The lowest BCUT2D eigenvalue weighted by Gasteiger charge is -2.36. The molecule has 0 saturated heterocycles. The van der Waals surface area contributed by atoms with E-state index in [1.54, 1.807) is 0 Å². The van der Waals surface area contributed by atoms with Gasteiger partial charge in [0.2, 0.25) is 0 Å². The van der Waals surface area contributed by atoms with Crippen LogP contribution in [0.3, 0.4) is 0 Å². The van der Waals surface area contributed by atoms with E-state index in [2.05, 4.69) is 34.6 Å². The average Bonchev–Trinajstić information content (AvgIpc) is 2.96. The molecule has 0 aromatic rings. The monoisotopic (exact) mass is 222 g/mol. The molecule has 2 saturated carbocycles. The third-order valence-corrected chi connectivity index (χ3v) is 5.74. The lowest BCUT2D eigenvalue weighted by Crippen LogP contribution is -2.27. The van der Waals surface area contributed by atoms with Crippen molar-refractivity contribution in [3.8, 4) is 0 Å². The minimum absolute atomic E-state index is 0.504. The Hall–Kier alpha value is 0. The van der Waals surface area contributed by atoms with Crippen LogP contribution >= 0.6 is 0 Å². The van der Waals surface area contributed by atoms with Crippen LogP contribution in [0.2, 0.25) is 0 Å². The maximum atomic E-state index is 2.58. The molecule has 2 fully saturated rings. The van der Waals surface area contributed by atoms with Gasteiger partial charge in [0.15, 0.2) is 0 Å². The van der Waals surface area contributed by atoms with Gasteiger partial charge in [-0.2, -0.15) is 0 Å². The summed E-state index contributed by atoms with van der Waals surface area (Å²) in [6.45, 7) is 12.3. The zero-order chi connectivity index (χ0) is 12.0. The van der Waals surface area contributed by atoms with Gasteiger partial charge in [-0.15, -0.1) is 0 Å². The first-order valence-electron chi connectivity index (χ1n) is 7.34. The Morgan fingerprint density at radius 1 is 1.06 bits per heavy atom. The Balaban J connectivity index is 1.95. The van der Waals surface area contributed by atoms with Gasteiger partial charge in [0.1, 0.15) is 0 Å². The van der Waals surface area contributed by atoms with E-state index in [-0.39, 0.29) is 0 Å². The van der Waals surface area contributed by atoms with Crippen LogP contribution in [0.4, 0.5) is 0 Å². The van der Waals surface area contributed by atoms with Crippen LogP contribution in [0, 0.1) is 28.6 Å². The highest BCUT2D eigenvalue weighted by atomic mass is 14.6. The molecule has 0 aliphatic heterocycles. The topological polar surface area (TPSA) is 0 Å². The van der Waals surface area contributed by atoms with E-state index in [4.69, 9.17) is 0 Å². The summed E-state index contributed by atoms with van der Waals surface area (Å²) in [4.78, 5) is 0. The molecule has 94 valence electrons. The summed E-state index contributed by atoms with van der Waals surface area (Å²) in [7, 11) is 0. The maximum Gasteiger partial charge on any atom is -0.0295 e. The molecular weight excluding hydrogens is 192 g/mol. The van der Waals surface area contributed by atoms with E-state index in [0.717, 1.165) is 17.8 Å². The van der Waals surface area contributed by atoms with Crippen LogP contribution in [-0.4, -0.2) is 0 Å². The normalized spacial score (nSPS) is 35.8. The number of rotatable bonds is 2. The molecule has 0 aromatic heterocycles. The highest BCUT2D eigenvalue weighted by molar-refractivity contribution is 5.02. The Bertz CT molecular complexity index is 239. The van der Waals surface area contributed by atoms with Crippen molar-refractivity contribution in [2.45, 2.75) is 73.1 Å².